The Morgan fingerprint density at radius 3 is 2.27 bits per heavy atom. The third-order valence-electron chi connectivity index (χ3n) is 3.75. The van der Waals surface area contributed by atoms with Crippen molar-refractivity contribution in [3.8, 4) is 5.75 Å². The molecule has 2 aromatic rings. The highest BCUT2D eigenvalue weighted by molar-refractivity contribution is 9.15. The van der Waals surface area contributed by atoms with Crippen LogP contribution in [0.5, 0.6) is 5.75 Å². The molecule has 0 saturated heterocycles. The topological polar surface area (TPSA) is 43.4 Å². The van der Waals surface area contributed by atoms with Gasteiger partial charge >= 0.3 is 5.51 Å². The highest BCUT2D eigenvalue weighted by atomic mass is 79.9. The molecule has 136 valence electrons. The second-order valence-corrected chi connectivity index (χ2v) is 8.29. The highest BCUT2D eigenvalue weighted by Crippen LogP contribution is 2.43. The smallest absolute Gasteiger partial charge is 0.464 e. The molecule has 0 radical (unpaired) electrons. The van der Waals surface area contributed by atoms with Crippen molar-refractivity contribution >= 4 is 35.8 Å². The van der Waals surface area contributed by atoms with E-state index in [4.69, 9.17) is 4.74 Å². The fourth-order valence-corrected chi connectivity index (χ4v) is 4.04. The molecule has 0 amide bonds. The number of rotatable bonds is 3. The minimum Gasteiger partial charge on any atom is -0.464 e. The van der Waals surface area contributed by atoms with Crippen molar-refractivity contribution in [1.29, 1.82) is 0 Å². The van der Waals surface area contributed by atoms with Crippen LogP contribution >= 0.6 is 15.9 Å². The number of fused-ring (bicyclic) bond motifs is 1. The number of allylic oxidation sites excluding steroid dienone is 1. The zero-order valence-electron chi connectivity index (χ0n) is 13.1. The summed E-state index contributed by atoms with van der Waals surface area (Å²) in [7, 11) is -5.35. The Bertz CT molecular complexity index is 994. The molecular formula is C18H12BrF3O3S. The van der Waals surface area contributed by atoms with E-state index in [-0.39, 0.29) is 5.57 Å². The van der Waals surface area contributed by atoms with Gasteiger partial charge in [0.15, 0.2) is 0 Å². The van der Waals surface area contributed by atoms with Gasteiger partial charge in [0.25, 0.3) is 9.84 Å². The molecule has 0 aliphatic carbocycles. The summed E-state index contributed by atoms with van der Waals surface area (Å²) < 4.78 is 67.8. The number of hydrogen-bond acceptors (Lipinski definition) is 3. The Kier molecular flexibility index (Phi) is 4.98. The zero-order valence-corrected chi connectivity index (χ0v) is 15.5. The maximum atomic E-state index is 12.9. The van der Waals surface area contributed by atoms with Crippen molar-refractivity contribution in [3.63, 3.8) is 0 Å². The summed E-state index contributed by atoms with van der Waals surface area (Å²) in [5, 5.41) is 0. The Balaban J connectivity index is 2.17. The maximum Gasteiger partial charge on any atom is 0.497 e. The Hall–Kier alpha value is -2.06. The standard InChI is InChI=1S/C18H12BrF3O3S/c19-17(12-6-2-1-3-7-12)16-13(11-26(23,24)18(20,21)22)10-25-15-9-5-4-8-14(15)16/h1-10H,11H2/b17-16-. The molecule has 0 N–H and O–H groups in total. The van der Waals surface area contributed by atoms with E-state index in [0.29, 0.717) is 26.9 Å². The molecule has 1 heterocycles. The first-order valence-electron chi connectivity index (χ1n) is 7.40. The Labute approximate surface area is 156 Å². The van der Waals surface area contributed by atoms with E-state index in [1.54, 1.807) is 54.6 Å². The summed E-state index contributed by atoms with van der Waals surface area (Å²) in [5.41, 5.74) is -3.84. The quantitative estimate of drug-likeness (QED) is 0.656. The van der Waals surface area contributed by atoms with Crippen molar-refractivity contribution < 1.29 is 26.3 Å². The van der Waals surface area contributed by atoms with Gasteiger partial charge in [-0.3, -0.25) is 0 Å². The van der Waals surface area contributed by atoms with Gasteiger partial charge in [0.1, 0.15) is 5.75 Å². The van der Waals surface area contributed by atoms with Crippen molar-refractivity contribution in [2.24, 2.45) is 0 Å². The van der Waals surface area contributed by atoms with Gasteiger partial charge < -0.3 is 4.74 Å². The normalized spacial score (nSPS) is 16.4. The molecule has 0 unspecified atom stereocenters. The Morgan fingerprint density at radius 2 is 1.62 bits per heavy atom. The van der Waals surface area contributed by atoms with E-state index in [1.165, 1.54) is 0 Å². The number of hydrogen-bond donors (Lipinski definition) is 0. The summed E-state index contributed by atoms with van der Waals surface area (Å²) in [4.78, 5) is 0. The lowest BCUT2D eigenvalue weighted by Gasteiger charge is -2.23. The van der Waals surface area contributed by atoms with Gasteiger partial charge in [0.05, 0.1) is 12.0 Å². The van der Waals surface area contributed by atoms with Crippen molar-refractivity contribution in [2.75, 3.05) is 5.75 Å². The molecule has 8 heteroatoms. The lowest BCUT2D eigenvalue weighted by atomic mass is 9.95. The van der Waals surface area contributed by atoms with Gasteiger partial charge in [-0.25, -0.2) is 8.42 Å². The second-order valence-electron chi connectivity index (χ2n) is 5.52. The zero-order chi connectivity index (χ0) is 18.9. The van der Waals surface area contributed by atoms with Crippen molar-refractivity contribution in [2.45, 2.75) is 5.51 Å². The van der Waals surface area contributed by atoms with Crippen LogP contribution in [0.1, 0.15) is 11.1 Å². The van der Waals surface area contributed by atoms with E-state index >= 15 is 0 Å². The average molecular weight is 445 g/mol. The SMILES string of the molecule is O=S(=O)(CC1=COc2ccccc2/C1=C(\Br)c1ccccc1)C(F)(F)F. The molecule has 0 saturated carbocycles. The van der Waals surface area contributed by atoms with Crippen LogP contribution in [0.3, 0.4) is 0 Å². The molecule has 26 heavy (non-hydrogen) atoms. The Morgan fingerprint density at radius 1 is 1.00 bits per heavy atom. The lowest BCUT2D eigenvalue weighted by molar-refractivity contribution is -0.0433. The molecule has 3 rings (SSSR count). The molecule has 0 atom stereocenters. The van der Waals surface area contributed by atoms with Gasteiger partial charge in [-0.15, -0.1) is 0 Å². The van der Waals surface area contributed by atoms with Gasteiger partial charge in [-0.1, -0.05) is 48.5 Å². The largest absolute Gasteiger partial charge is 0.497 e. The number of sulfone groups is 1. The minimum atomic E-state index is -5.35. The second kappa shape index (κ2) is 6.92. The molecule has 1 aliphatic heterocycles. The third-order valence-corrected chi connectivity index (χ3v) is 6.00. The monoisotopic (exact) mass is 444 g/mol. The number of halogens is 4. The van der Waals surface area contributed by atoms with Crippen LogP contribution < -0.4 is 4.74 Å². The van der Waals surface area contributed by atoms with Crippen LogP contribution in [0.25, 0.3) is 10.1 Å². The van der Waals surface area contributed by atoms with Crippen molar-refractivity contribution in [1.82, 2.24) is 0 Å². The van der Waals surface area contributed by atoms with Crippen LogP contribution in [0.4, 0.5) is 13.2 Å². The third kappa shape index (κ3) is 3.57. The van der Waals surface area contributed by atoms with Crippen LogP contribution in [-0.4, -0.2) is 19.7 Å². The van der Waals surface area contributed by atoms with Crippen LogP contribution in [0.15, 0.2) is 66.4 Å². The minimum absolute atomic E-state index is 0.0725. The fraction of sp³-hybridized carbons (Fsp3) is 0.111. The molecule has 0 spiro atoms. The fourth-order valence-electron chi connectivity index (χ4n) is 2.52. The van der Waals surface area contributed by atoms with Crippen molar-refractivity contribution in [3.05, 3.63) is 77.6 Å². The number of ether oxygens (including phenoxy) is 1. The molecule has 2 aromatic carbocycles. The van der Waals surface area contributed by atoms with E-state index < -0.39 is 21.1 Å². The molecule has 0 aromatic heterocycles. The van der Waals surface area contributed by atoms with E-state index in [0.717, 1.165) is 6.26 Å². The van der Waals surface area contributed by atoms with E-state index in [9.17, 15) is 21.6 Å². The van der Waals surface area contributed by atoms with Gasteiger partial charge in [-0.2, -0.15) is 13.2 Å². The number of para-hydroxylation sites is 1. The predicted molar refractivity (Wildman–Crippen MR) is 97.2 cm³/mol. The van der Waals surface area contributed by atoms with Gasteiger partial charge in [-0.05, 0) is 27.6 Å². The summed E-state index contributed by atoms with van der Waals surface area (Å²) in [6.07, 6.45) is 1.06. The van der Waals surface area contributed by atoms with Crippen LogP contribution in [0.2, 0.25) is 0 Å². The first-order chi connectivity index (χ1) is 12.2. The summed E-state index contributed by atoms with van der Waals surface area (Å²) in [6, 6.07) is 15.6. The first-order valence-corrected chi connectivity index (χ1v) is 9.85. The molecule has 3 nitrogen and oxygen atoms in total. The van der Waals surface area contributed by atoms with Gasteiger partial charge in [0, 0.05) is 21.2 Å². The molecule has 0 fully saturated rings. The van der Waals surface area contributed by atoms with Crippen LogP contribution in [0, 0.1) is 0 Å². The molecular weight excluding hydrogens is 433 g/mol. The number of alkyl halides is 3. The maximum absolute atomic E-state index is 12.9. The first kappa shape index (κ1) is 18.7. The summed E-state index contributed by atoms with van der Waals surface area (Å²) in [6.45, 7) is 0. The highest BCUT2D eigenvalue weighted by Gasteiger charge is 2.46. The molecule has 1 aliphatic rings. The average Bonchev–Trinajstić information content (AvgIpc) is 2.60. The lowest BCUT2D eigenvalue weighted by Crippen LogP contribution is -2.28. The predicted octanol–water partition coefficient (Wildman–Crippen LogP) is 5.16. The molecule has 0 bridgehead atoms. The summed E-state index contributed by atoms with van der Waals surface area (Å²) >= 11 is 3.42. The van der Waals surface area contributed by atoms with Gasteiger partial charge in [0.2, 0.25) is 0 Å². The van der Waals surface area contributed by atoms with E-state index in [1.807, 2.05) is 0 Å². The van der Waals surface area contributed by atoms with Crippen LogP contribution in [-0.2, 0) is 9.84 Å². The van der Waals surface area contributed by atoms with E-state index in [2.05, 4.69) is 15.9 Å². The summed E-state index contributed by atoms with van der Waals surface area (Å²) in [5.74, 6) is -0.772. The number of benzene rings is 2.